The molecule has 0 spiro atoms. The van der Waals surface area contributed by atoms with Crippen LogP contribution in [0.2, 0.25) is 0 Å². The number of aromatic nitrogens is 1. The third-order valence-electron chi connectivity index (χ3n) is 5.77. The summed E-state index contributed by atoms with van der Waals surface area (Å²) in [6.07, 6.45) is 6.39. The quantitative estimate of drug-likeness (QED) is 0.818. The lowest BCUT2D eigenvalue weighted by Crippen LogP contribution is -2.48. The summed E-state index contributed by atoms with van der Waals surface area (Å²) in [5.41, 5.74) is 6.65. The standard InChI is InChI=1S/C20H29N3OS/c1-3-20(4-2,19(24)22-15-11-9-14(21)10-12-15)13-18-23-16-7-5-6-8-17(16)25-18/h5-8,14-15H,3-4,9-13,21H2,1-2H3,(H,22,24). The van der Waals surface area contributed by atoms with Crippen molar-refractivity contribution in [2.75, 3.05) is 0 Å². The van der Waals surface area contributed by atoms with Gasteiger partial charge in [-0.15, -0.1) is 11.3 Å². The van der Waals surface area contributed by atoms with E-state index in [2.05, 4.69) is 25.2 Å². The van der Waals surface area contributed by atoms with E-state index in [1.807, 2.05) is 18.2 Å². The van der Waals surface area contributed by atoms with Crippen LogP contribution < -0.4 is 11.1 Å². The van der Waals surface area contributed by atoms with Gasteiger partial charge in [0.2, 0.25) is 5.91 Å². The Hall–Kier alpha value is -1.46. The number of nitrogens with zero attached hydrogens (tertiary/aromatic N) is 1. The highest BCUT2D eigenvalue weighted by atomic mass is 32.1. The molecule has 1 aromatic heterocycles. The average Bonchev–Trinajstić information content (AvgIpc) is 3.04. The minimum absolute atomic E-state index is 0.192. The fraction of sp³-hybridized carbons (Fsp3) is 0.600. The predicted octanol–water partition coefficient (Wildman–Crippen LogP) is 4.03. The Labute approximate surface area is 154 Å². The van der Waals surface area contributed by atoms with Gasteiger partial charge in [-0.05, 0) is 50.7 Å². The number of fused-ring (bicyclic) bond motifs is 1. The molecule has 0 radical (unpaired) electrons. The van der Waals surface area contributed by atoms with E-state index in [0.29, 0.717) is 6.04 Å². The number of para-hydroxylation sites is 1. The van der Waals surface area contributed by atoms with Crippen LogP contribution in [0.25, 0.3) is 10.2 Å². The van der Waals surface area contributed by atoms with Crippen LogP contribution in [-0.4, -0.2) is 23.0 Å². The molecule has 2 aromatic rings. The Kier molecular flexibility index (Phi) is 5.74. The van der Waals surface area contributed by atoms with Crippen LogP contribution in [0.15, 0.2) is 24.3 Å². The molecule has 0 unspecified atom stereocenters. The molecule has 1 amide bonds. The van der Waals surface area contributed by atoms with Crippen molar-refractivity contribution in [2.45, 2.75) is 70.9 Å². The lowest BCUT2D eigenvalue weighted by atomic mass is 9.78. The van der Waals surface area contributed by atoms with Crippen molar-refractivity contribution in [3.05, 3.63) is 29.3 Å². The van der Waals surface area contributed by atoms with Gasteiger partial charge in [-0.25, -0.2) is 4.98 Å². The normalized spacial score (nSPS) is 21.4. The number of rotatable bonds is 6. The van der Waals surface area contributed by atoms with Gasteiger partial charge < -0.3 is 11.1 Å². The van der Waals surface area contributed by atoms with E-state index >= 15 is 0 Å². The van der Waals surface area contributed by atoms with Crippen LogP contribution in [0.1, 0.15) is 57.4 Å². The van der Waals surface area contributed by atoms with Crippen molar-refractivity contribution < 1.29 is 4.79 Å². The lowest BCUT2D eigenvalue weighted by molar-refractivity contribution is -0.132. The van der Waals surface area contributed by atoms with Crippen molar-refractivity contribution in [2.24, 2.45) is 11.1 Å². The SMILES string of the molecule is CCC(CC)(Cc1nc2ccccc2s1)C(=O)NC1CCC(N)CC1. The zero-order chi connectivity index (χ0) is 17.9. The van der Waals surface area contributed by atoms with Gasteiger partial charge in [-0.2, -0.15) is 0 Å². The third kappa shape index (κ3) is 4.04. The summed E-state index contributed by atoms with van der Waals surface area (Å²) in [5.74, 6) is 0.192. The van der Waals surface area contributed by atoms with E-state index in [4.69, 9.17) is 10.7 Å². The number of nitrogens with one attached hydrogen (secondary N) is 1. The second kappa shape index (κ2) is 7.83. The summed E-state index contributed by atoms with van der Waals surface area (Å²) in [7, 11) is 0. The van der Waals surface area contributed by atoms with E-state index in [0.717, 1.165) is 55.5 Å². The first-order chi connectivity index (χ1) is 12.1. The fourth-order valence-corrected chi connectivity index (χ4v) is 4.90. The number of carbonyl (C=O) groups excluding carboxylic acids is 1. The first-order valence-electron chi connectivity index (χ1n) is 9.47. The number of carbonyl (C=O) groups is 1. The van der Waals surface area contributed by atoms with E-state index < -0.39 is 0 Å². The molecule has 1 aliphatic rings. The molecule has 1 heterocycles. The Bertz CT molecular complexity index is 682. The van der Waals surface area contributed by atoms with Crippen LogP contribution in [0, 0.1) is 5.41 Å². The molecule has 5 heteroatoms. The minimum Gasteiger partial charge on any atom is -0.353 e. The van der Waals surface area contributed by atoms with E-state index in [1.54, 1.807) is 11.3 Å². The third-order valence-corrected chi connectivity index (χ3v) is 6.81. The van der Waals surface area contributed by atoms with Gasteiger partial charge in [0.25, 0.3) is 0 Å². The summed E-state index contributed by atoms with van der Waals surface area (Å²) in [4.78, 5) is 17.9. The molecule has 136 valence electrons. The molecule has 0 aliphatic heterocycles. The summed E-state index contributed by atoms with van der Waals surface area (Å²) in [5, 5.41) is 4.38. The zero-order valence-corrected chi connectivity index (χ0v) is 16.1. The number of amides is 1. The van der Waals surface area contributed by atoms with Gasteiger partial charge in [0.1, 0.15) is 0 Å². The highest BCUT2D eigenvalue weighted by Crippen LogP contribution is 2.35. The molecule has 4 nitrogen and oxygen atoms in total. The average molecular weight is 360 g/mol. The number of hydrogen-bond acceptors (Lipinski definition) is 4. The van der Waals surface area contributed by atoms with Crippen LogP contribution >= 0.6 is 11.3 Å². The smallest absolute Gasteiger partial charge is 0.226 e. The number of thiazole rings is 1. The topological polar surface area (TPSA) is 68.0 Å². The van der Waals surface area contributed by atoms with Crippen molar-refractivity contribution in [1.82, 2.24) is 10.3 Å². The molecule has 1 fully saturated rings. The Morgan fingerprint density at radius 2 is 1.92 bits per heavy atom. The lowest BCUT2D eigenvalue weighted by Gasteiger charge is -2.34. The largest absolute Gasteiger partial charge is 0.353 e. The molecule has 1 aliphatic carbocycles. The Morgan fingerprint density at radius 1 is 1.24 bits per heavy atom. The molecule has 1 saturated carbocycles. The fourth-order valence-electron chi connectivity index (χ4n) is 3.79. The number of benzene rings is 1. The van der Waals surface area contributed by atoms with Crippen molar-refractivity contribution in [1.29, 1.82) is 0 Å². The molecular formula is C20H29N3OS. The Morgan fingerprint density at radius 3 is 2.56 bits per heavy atom. The first kappa shape index (κ1) is 18.3. The number of hydrogen-bond donors (Lipinski definition) is 2. The summed E-state index contributed by atoms with van der Waals surface area (Å²) < 4.78 is 1.19. The molecule has 0 atom stereocenters. The second-order valence-corrected chi connectivity index (χ2v) is 8.44. The van der Waals surface area contributed by atoms with Gasteiger partial charge in [0, 0.05) is 18.5 Å². The van der Waals surface area contributed by atoms with Crippen LogP contribution in [0.4, 0.5) is 0 Å². The maximum atomic E-state index is 13.1. The number of nitrogens with two attached hydrogens (primary N) is 1. The molecule has 25 heavy (non-hydrogen) atoms. The summed E-state index contributed by atoms with van der Waals surface area (Å²) >= 11 is 1.71. The second-order valence-electron chi connectivity index (χ2n) is 7.32. The molecule has 0 saturated heterocycles. The van der Waals surface area contributed by atoms with Crippen LogP contribution in [0.5, 0.6) is 0 Å². The highest BCUT2D eigenvalue weighted by molar-refractivity contribution is 7.18. The molecule has 3 rings (SSSR count). The van der Waals surface area contributed by atoms with Crippen LogP contribution in [-0.2, 0) is 11.2 Å². The monoisotopic (exact) mass is 359 g/mol. The summed E-state index contributed by atoms with van der Waals surface area (Å²) in [6.45, 7) is 4.24. The van der Waals surface area contributed by atoms with Crippen molar-refractivity contribution in [3.63, 3.8) is 0 Å². The van der Waals surface area contributed by atoms with Crippen LogP contribution in [0.3, 0.4) is 0 Å². The molecule has 3 N–H and O–H groups in total. The van der Waals surface area contributed by atoms with Crippen molar-refractivity contribution >= 4 is 27.5 Å². The maximum Gasteiger partial charge on any atom is 0.226 e. The maximum absolute atomic E-state index is 13.1. The van der Waals surface area contributed by atoms with Gasteiger partial charge in [-0.3, -0.25) is 4.79 Å². The van der Waals surface area contributed by atoms with Crippen molar-refractivity contribution in [3.8, 4) is 0 Å². The first-order valence-corrected chi connectivity index (χ1v) is 10.3. The van der Waals surface area contributed by atoms with E-state index in [1.165, 1.54) is 4.70 Å². The highest BCUT2D eigenvalue weighted by Gasteiger charge is 2.37. The summed E-state index contributed by atoms with van der Waals surface area (Å²) in [6, 6.07) is 8.77. The van der Waals surface area contributed by atoms with E-state index in [9.17, 15) is 4.79 Å². The van der Waals surface area contributed by atoms with Gasteiger partial charge >= 0.3 is 0 Å². The van der Waals surface area contributed by atoms with E-state index in [-0.39, 0.29) is 17.4 Å². The van der Waals surface area contributed by atoms with Gasteiger partial charge in [-0.1, -0.05) is 26.0 Å². The Balaban J connectivity index is 1.74. The van der Waals surface area contributed by atoms with Gasteiger partial charge in [0.15, 0.2) is 0 Å². The molecule has 0 bridgehead atoms. The van der Waals surface area contributed by atoms with Gasteiger partial charge in [0.05, 0.1) is 20.6 Å². The molecular weight excluding hydrogens is 330 g/mol. The minimum atomic E-state index is -0.368. The zero-order valence-electron chi connectivity index (χ0n) is 15.3. The predicted molar refractivity (Wildman–Crippen MR) is 105 cm³/mol. The molecule has 1 aromatic carbocycles.